The number of rotatable bonds is 6. The van der Waals surface area contributed by atoms with Gasteiger partial charge in [0.15, 0.2) is 0 Å². The van der Waals surface area contributed by atoms with Gasteiger partial charge in [-0.2, -0.15) is 4.98 Å². The smallest absolute Gasteiger partial charge is 0.348 e. The molecule has 1 unspecified atom stereocenters. The molecule has 6 heteroatoms. The number of ether oxygens (including phenoxy) is 1. The maximum atomic E-state index is 12.3. The highest BCUT2D eigenvalue weighted by molar-refractivity contribution is 5.71. The number of carboxylic acid groups (broad SMARTS) is 1. The molecule has 2 rings (SSSR count). The van der Waals surface area contributed by atoms with Crippen molar-refractivity contribution in [3.8, 4) is 0 Å². The predicted molar refractivity (Wildman–Crippen MR) is 77.5 cm³/mol. The van der Waals surface area contributed by atoms with Crippen molar-refractivity contribution in [1.82, 2.24) is 9.55 Å². The van der Waals surface area contributed by atoms with Gasteiger partial charge in [-0.3, -0.25) is 9.36 Å². The molecule has 0 radical (unpaired) electrons. The van der Waals surface area contributed by atoms with Crippen LogP contribution in [0.25, 0.3) is 0 Å². The Bertz CT molecular complexity index is 574. The summed E-state index contributed by atoms with van der Waals surface area (Å²) in [6.07, 6.45) is 2.04. The summed E-state index contributed by atoms with van der Waals surface area (Å²) >= 11 is 0. The molecule has 6 nitrogen and oxygen atoms in total. The Kier molecular flexibility index (Phi) is 5.12. The van der Waals surface area contributed by atoms with Crippen molar-refractivity contribution in [2.75, 3.05) is 13.2 Å². The maximum absolute atomic E-state index is 12.3. The van der Waals surface area contributed by atoms with E-state index in [4.69, 9.17) is 9.84 Å². The summed E-state index contributed by atoms with van der Waals surface area (Å²) in [4.78, 5) is 27.5. The molecule has 1 saturated heterocycles. The highest BCUT2D eigenvalue weighted by atomic mass is 16.5. The van der Waals surface area contributed by atoms with Gasteiger partial charge in [-0.15, -0.1) is 0 Å². The number of carbonyl (C=O) groups is 1. The first-order chi connectivity index (χ1) is 10.1. The van der Waals surface area contributed by atoms with Crippen molar-refractivity contribution in [2.45, 2.75) is 46.1 Å². The fraction of sp³-hybridized carbons (Fsp3) is 0.667. The van der Waals surface area contributed by atoms with Crippen LogP contribution in [0.4, 0.5) is 0 Å². The molecule has 116 valence electrons. The molecule has 0 spiro atoms. The lowest BCUT2D eigenvalue weighted by atomic mass is 10.0. The molecule has 1 fully saturated rings. The van der Waals surface area contributed by atoms with Crippen LogP contribution in [0.15, 0.2) is 4.79 Å². The fourth-order valence-electron chi connectivity index (χ4n) is 2.91. The number of aliphatic carboxylic acids is 1. The topological polar surface area (TPSA) is 81.4 Å². The van der Waals surface area contributed by atoms with Crippen molar-refractivity contribution >= 4 is 5.97 Å². The average Bonchev–Trinajstić information content (AvgIpc) is 2.94. The molecule has 1 aliphatic rings. The average molecular weight is 294 g/mol. The minimum atomic E-state index is -0.893. The number of hydrogen-bond donors (Lipinski definition) is 1. The Morgan fingerprint density at radius 1 is 1.43 bits per heavy atom. The van der Waals surface area contributed by atoms with Crippen LogP contribution in [0.3, 0.4) is 0 Å². The molecule has 1 aliphatic heterocycles. The molecule has 1 atom stereocenters. The van der Waals surface area contributed by atoms with E-state index in [1.54, 1.807) is 4.57 Å². The lowest BCUT2D eigenvalue weighted by Gasteiger charge is -2.19. The Morgan fingerprint density at radius 3 is 2.71 bits per heavy atom. The van der Waals surface area contributed by atoms with E-state index in [0.717, 1.165) is 18.7 Å². The standard InChI is InChI=1S/C15H22N2O4/c1-3-12-11(7-14(18)19)13(4-2)17(15(20)16-12)8-10-5-6-21-9-10/h10H,3-9H2,1-2H3,(H,18,19). The molecule has 1 N–H and O–H groups in total. The van der Waals surface area contributed by atoms with Gasteiger partial charge < -0.3 is 9.84 Å². The van der Waals surface area contributed by atoms with Crippen LogP contribution in [-0.4, -0.2) is 33.8 Å². The van der Waals surface area contributed by atoms with Crippen LogP contribution in [0.2, 0.25) is 0 Å². The Morgan fingerprint density at radius 2 is 2.19 bits per heavy atom. The molecule has 2 heterocycles. The van der Waals surface area contributed by atoms with Crippen molar-refractivity contribution in [1.29, 1.82) is 0 Å². The van der Waals surface area contributed by atoms with Gasteiger partial charge in [0.25, 0.3) is 0 Å². The zero-order chi connectivity index (χ0) is 15.4. The summed E-state index contributed by atoms with van der Waals surface area (Å²) < 4.78 is 7.00. The second-order valence-electron chi connectivity index (χ2n) is 5.38. The molecular weight excluding hydrogens is 272 g/mol. The first-order valence-corrected chi connectivity index (χ1v) is 7.47. The number of nitrogens with zero attached hydrogens (tertiary/aromatic N) is 2. The van der Waals surface area contributed by atoms with Crippen molar-refractivity contribution < 1.29 is 14.6 Å². The maximum Gasteiger partial charge on any atom is 0.348 e. The quantitative estimate of drug-likeness (QED) is 0.847. The summed E-state index contributed by atoms with van der Waals surface area (Å²) in [7, 11) is 0. The van der Waals surface area contributed by atoms with Crippen LogP contribution < -0.4 is 5.69 Å². The van der Waals surface area contributed by atoms with Crippen LogP contribution in [0.1, 0.15) is 37.2 Å². The highest BCUT2D eigenvalue weighted by Crippen LogP contribution is 2.18. The van der Waals surface area contributed by atoms with Crippen LogP contribution in [0.5, 0.6) is 0 Å². The van der Waals surface area contributed by atoms with Gasteiger partial charge in [0, 0.05) is 30.3 Å². The first-order valence-electron chi connectivity index (χ1n) is 7.47. The molecule has 0 saturated carbocycles. The van der Waals surface area contributed by atoms with Gasteiger partial charge >= 0.3 is 11.7 Å². The number of carboxylic acids is 1. The van der Waals surface area contributed by atoms with Gasteiger partial charge in [-0.05, 0) is 19.3 Å². The summed E-state index contributed by atoms with van der Waals surface area (Å²) in [5.74, 6) is -0.587. The minimum absolute atomic E-state index is 0.0825. The zero-order valence-corrected chi connectivity index (χ0v) is 12.6. The molecule has 0 amide bonds. The van der Waals surface area contributed by atoms with E-state index in [9.17, 15) is 9.59 Å². The van der Waals surface area contributed by atoms with E-state index >= 15 is 0 Å². The van der Waals surface area contributed by atoms with Gasteiger partial charge in [0.2, 0.25) is 0 Å². The second-order valence-corrected chi connectivity index (χ2v) is 5.38. The Balaban J connectivity index is 2.46. The third-order valence-corrected chi connectivity index (χ3v) is 3.95. The molecule has 0 bridgehead atoms. The van der Waals surface area contributed by atoms with Gasteiger partial charge in [-0.1, -0.05) is 13.8 Å². The first kappa shape index (κ1) is 15.7. The van der Waals surface area contributed by atoms with Gasteiger partial charge in [-0.25, -0.2) is 4.79 Å². The highest BCUT2D eigenvalue weighted by Gasteiger charge is 2.22. The van der Waals surface area contributed by atoms with Crippen molar-refractivity contribution in [2.24, 2.45) is 5.92 Å². The summed E-state index contributed by atoms with van der Waals surface area (Å²) in [6.45, 7) is 5.78. The van der Waals surface area contributed by atoms with Gasteiger partial charge in [0.05, 0.1) is 18.7 Å². The van der Waals surface area contributed by atoms with E-state index in [1.165, 1.54) is 0 Å². The summed E-state index contributed by atoms with van der Waals surface area (Å²) in [5.41, 5.74) is 1.84. The predicted octanol–water partition coefficient (Wildman–Crippen LogP) is 1.03. The third kappa shape index (κ3) is 3.50. The minimum Gasteiger partial charge on any atom is -0.481 e. The monoisotopic (exact) mass is 294 g/mol. The van der Waals surface area contributed by atoms with Gasteiger partial charge in [0.1, 0.15) is 0 Å². The second kappa shape index (κ2) is 6.85. The fourth-order valence-corrected chi connectivity index (χ4v) is 2.91. The number of aryl methyl sites for hydroxylation is 1. The Labute approximate surface area is 123 Å². The van der Waals surface area contributed by atoms with E-state index < -0.39 is 5.97 Å². The zero-order valence-electron chi connectivity index (χ0n) is 12.6. The van der Waals surface area contributed by atoms with E-state index in [-0.39, 0.29) is 12.1 Å². The number of aromatic nitrogens is 2. The molecular formula is C15H22N2O4. The molecule has 1 aromatic heterocycles. The SMILES string of the molecule is CCc1nc(=O)n(CC2CCOC2)c(CC)c1CC(=O)O. The molecule has 0 aromatic carbocycles. The number of hydrogen-bond acceptors (Lipinski definition) is 4. The third-order valence-electron chi connectivity index (χ3n) is 3.95. The van der Waals surface area contributed by atoms with Crippen molar-refractivity contribution in [3.63, 3.8) is 0 Å². The summed E-state index contributed by atoms with van der Waals surface area (Å²) in [6, 6.07) is 0. The van der Waals surface area contributed by atoms with E-state index in [0.29, 0.717) is 43.2 Å². The van der Waals surface area contributed by atoms with Crippen LogP contribution in [-0.2, 0) is 35.3 Å². The molecule has 1 aromatic rings. The van der Waals surface area contributed by atoms with Crippen molar-refractivity contribution in [3.05, 3.63) is 27.4 Å². The lowest BCUT2D eigenvalue weighted by molar-refractivity contribution is -0.136. The largest absolute Gasteiger partial charge is 0.481 e. The van der Waals surface area contributed by atoms with E-state index in [1.807, 2.05) is 13.8 Å². The normalized spacial score (nSPS) is 18.1. The van der Waals surface area contributed by atoms with Crippen LogP contribution in [0, 0.1) is 5.92 Å². The molecule has 0 aliphatic carbocycles. The Hall–Kier alpha value is -1.69. The van der Waals surface area contributed by atoms with E-state index in [2.05, 4.69) is 4.98 Å². The lowest BCUT2D eigenvalue weighted by Crippen LogP contribution is -2.32. The summed E-state index contributed by atoms with van der Waals surface area (Å²) in [5, 5.41) is 9.12. The van der Waals surface area contributed by atoms with Crippen LogP contribution >= 0.6 is 0 Å². The molecule has 21 heavy (non-hydrogen) atoms.